The molecule has 25 heavy (non-hydrogen) atoms. The minimum atomic E-state index is -3.69. The summed E-state index contributed by atoms with van der Waals surface area (Å²) >= 11 is 0. The third-order valence-corrected chi connectivity index (χ3v) is 5.15. The molecule has 6 nitrogen and oxygen atoms in total. The van der Waals surface area contributed by atoms with Crippen molar-refractivity contribution in [2.24, 2.45) is 0 Å². The lowest BCUT2D eigenvalue weighted by molar-refractivity contribution is 0.182. The molecule has 2 aromatic rings. The minimum absolute atomic E-state index is 0.100. The van der Waals surface area contributed by atoms with Crippen LogP contribution in [0.15, 0.2) is 53.4 Å². The van der Waals surface area contributed by atoms with Crippen LogP contribution in [0.3, 0.4) is 0 Å². The Labute approximate surface area is 149 Å². The smallest absolute Gasteiger partial charge is 0.240 e. The van der Waals surface area contributed by atoms with Crippen LogP contribution in [0.1, 0.15) is 18.6 Å². The Morgan fingerprint density at radius 3 is 2.20 bits per heavy atom. The molecule has 0 aromatic heterocycles. The summed E-state index contributed by atoms with van der Waals surface area (Å²) in [5.41, 5.74) is 1.66. The number of hydrogen-bond acceptors (Lipinski definition) is 5. The van der Waals surface area contributed by atoms with Gasteiger partial charge in [-0.3, -0.25) is 0 Å². The average molecular weight is 364 g/mol. The van der Waals surface area contributed by atoms with Gasteiger partial charge in [0.2, 0.25) is 10.0 Å². The molecule has 0 aliphatic heterocycles. The SMILES string of the molecule is CCOc1ccc(S(=O)(=O)NCC(O)c2ccc(N(C)C)cc2)cc1. The number of rotatable bonds is 8. The lowest BCUT2D eigenvalue weighted by Crippen LogP contribution is -2.28. The van der Waals surface area contributed by atoms with Crippen molar-refractivity contribution in [1.29, 1.82) is 0 Å². The van der Waals surface area contributed by atoms with Crippen molar-refractivity contribution in [2.45, 2.75) is 17.9 Å². The molecule has 0 spiro atoms. The number of benzene rings is 2. The zero-order chi connectivity index (χ0) is 18.4. The predicted molar refractivity (Wildman–Crippen MR) is 98.5 cm³/mol. The maximum Gasteiger partial charge on any atom is 0.240 e. The van der Waals surface area contributed by atoms with Gasteiger partial charge in [-0.05, 0) is 48.9 Å². The van der Waals surface area contributed by atoms with Gasteiger partial charge in [-0.25, -0.2) is 13.1 Å². The second-order valence-electron chi connectivity index (χ2n) is 5.76. The van der Waals surface area contributed by atoms with Crippen LogP contribution in [0.25, 0.3) is 0 Å². The summed E-state index contributed by atoms with van der Waals surface area (Å²) < 4.78 is 32.4. The zero-order valence-corrected chi connectivity index (χ0v) is 15.5. The second kappa shape index (κ2) is 8.33. The van der Waals surface area contributed by atoms with Gasteiger partial charge in [-0.2, -0.15) is 0 Å². The fraction of sp³-hybridized carbons (Fsp3) is 0.333. The Morgan fingerprint density at radius 1 is 1.08 bits per heavy atom. The fourth-order valence-corrected chi connectivity index (χ4v) is 3.30. The summed E-state index contributed by atoms with van der Waals surface area (Å²) in [6, 6.07) is 13.5. The molecule has 0 saturated heterocycles. The summed E-state index contributed by atoms with van der Waals surface area (Å²) in [7, 11) is 0.164. The molecule has 0 amide bonds. The summed E-state index contributed by atoms with van der Waals surface area (Å²) in [6.45, 7) is 2.28. The third-order valence-electron chi connectivity index (χ3n) is 3.71. The standard InChI is InChI=1S/C18H24N2O4S/c1-4-24-16-9-11-17(12-10-16)25(22,23)19-13-18(21)14-5-7-15(8-6-14)20(2)3/h5-12,18-19,21H,4,13H2,1-3H3. The van der Waals surface area contributed by atoms with E-state index in [0.717, 1.165) is 5.69 Å². The fourth-order valence-electron chi connectivity index (χ4n) is 2.27. The van der Waals surface area contributed by atoms with Crippen LogP contribution in [0.5, 0.6) is 5.75 Å². The van der Waals surface area contributed by atoms with E-state index in [9.17, 15) is 13.5 Å². The molecule has 2 aromatic carbocycles. The first kappa shape index (κ1) is 19.2. The van der Waals surface area contributed by atoms with E-state index in [-0.39, 0.29) is 11.4 Å². The molecular weight excluding hydrogens is 340 g/mol. The van der Waals surface area contributed by atoms with Gasteiger partial charge in [0.15, 0.2) is 0 Å². The van der Waals surface area contributed by atoms with E-state index < -0.39 is 16.1 Å². The van der Waals surface area contributed by atoms with Crippen molar-refractivity contribution in [3.8, 4) is 5.75 Å². The second-order valence-corrected chi connectivity index (χ2v) is 7.53. The highest BCUT2D eigenvalue weighted by atomic mass is 32.2. The van der Waals surface area contributed by atoms with Gasteiger partial charge in [0, 0.05) is 26.3 Å². The molecule has 1 unspecified atom stereocenters. The Bertz CT molecular complexity index is 772. The van der Waals surface area contributed by atoms with Crippen LogP contribution >= 0.6 is 0 Å². The summed E-state index contributed by atoms with van der Waals surface area (Å²) in [5.74, 6) is 0.613. The summed E-state index contributed by atoms with van der Waals surface area (Å²) in [6.07, 6.45) is -0.923. The highest BCUT2D eigenvalue weighted by Crippen LogP contribution is 2.19. The topological polar surface area (TPSA) is 78.9 Å². The van der Waals surface area contributed by atoms with E-state index in [2.05, 4.69) is 4.72 Å². The van der Waals surface area contributed by atoms with Gasteiger partial charge in [0.05, 0.1) is 17.6 Å². The van der Waals surface area contributed by atoms with Crippen LogP contribution in [-0.4, -0.2) is 40.8 Å². The molecule has 0 radical (unpaired) electrons. The predicted octanol–water partition coefficient (Wildman–Crippen LogP) is 2.16. The Kier molecular flexibility index (Phi) is 6.41. The first-order chi connectivity index (χ1) is 11.8. The highest BCUT2D eigenvalue weighted by molar-refractivity contribution is 7.89. The van der Waals surface area contributed by atoms with Crippen molar-refractivity contribution in [2.75, 3.05) is 32.1 Å². The van der Waals surface area contributed by atoms with Crippen LogP contribution in [0.4, 0.5) is 5.69 Å². The van der Waals surface area contributed by atoms with Gasteiger partial charge in [0.25, 0.3) is 0 Å². The van der Waals surface area contributed by atoms with E-state index in [1.165, 1.54) is 12.1 Å². The summed E-state index contributed by atoms with van der Waals surface area (Å²) in [5, 5.41) is 10.2. The quantitative estimate of drug-likeness (QED) is 0.750. The van der Waals surface area contributed by atoms with Gasteiger partial charge < -0.3 is 14.7 Å². The molecule has 0 aliphatic rings. The molecule has 0 heterocycles. The Morgan fingerprint density at radius 2 is 1.68 bits per heavy atom. The average Bonchev–Trinajstić information content (AvgIpc) is 2.60. The van der Waals surface area contributed by atoms with E-state index in [0.29, 0.717) is 17.9 Å². The number of nitrogens with one attached hydrogen (secondary N) is 1. The number of nitrogens with zero attached hydrogens (tertiary/aromatic N) is 1. The van der Waals surface area contributed by atoms with Gasteiger partial charge >= 0.3 is 0 Å². The normalized spacial score (nSPS) is 12.6. The molecule has 0 bridgehead atoms. The molecular formula is C18H24N2O4S. The summed E-state index contributed by atoms with van der Waals surface area (Å²) in [4.78, 5) is 2.08. The Hall–Kier alpha value is -2.09. The van der Waals surface area contributed by atoms with Gasteiger partial charge in [-0.15, -0.1) is 0 Å². The van der Waals surface area contributed by atoms with Gasteiger partial charge in [-0.1, -0.05) is 12.1 Å². The molecule has 7 heteroatoms. The molecule has 0 fully saturated rings. The first-order valence-electron chi connectivity index (χ1n) is 8.01. The molecule has 136 valence electrons. The molecule has 0 aliphatic carbocycles. The van der Waals surface area contributed by atoms with Crippen LogP contribution in [0.2, 0.25) is 0 Å². The number of aliphatic hydroxyl groups excluding tert-OH is 1. The van der Waals surface area contributed by atoms with Crippen molar-refractivity contribution >= 4 is 15.7 Å². The number of hydrogen-bond donors (Lipinski definition) is 2. The first-order valence-corrected chi connectivity index (χ1v) is 9.49. The van der Waals surface area contributed by atoms with Crippen LogP contribution in [0, 0.1) is 0 Å². The minimum Gasteiger partial charge on any atom is -0.494 e. The van der Waals surface area contributed by atoms with Gasteiger partial charge in [0.1, 0.15) is 5.75 Å². The monoisotopic (exact) mass is 364 g/mol. The number of sulfonamides is 1. The van der Waals surface area contributed by atoms with E-state index in [4.69, 9.17) is 4.74 Å². The molecule has 2 N–H and O–H groups in total. The van der Waals surface area contributed by atoms with E-state index in [1.807, 2.05) is 38.1 Å². The molecule has 2 rings (SSSR count). The van der Waals surface area contributed by atoms with Crippen molar-refractivity contribution < 1.29 is 18.3 Å². The maximum atomic E-state index is 12.3. The number of anilines is 1. The molecule has 1 atom stereocenters. The van der Waals surface area contributed by atoms with Crippen molar-refractivity contribution in [1.82, 2.24) is 4.72 Å². The lowest BCUT2D eigenvalue weighted by Gasteiger charge is -2.16. The molecule has 0 saturated carbocycles. The lowest BCUT2D eigenvalue weighted by atomic mass is 10.1. The van der Waals surface area contributed by atoms with E-state index >= 15 is 0 Å². The zero-order valence-electron chi connectivity index (χ0n) is 14.6. The Balaban J connectivity index is 2.00. The van der Waals surface area contributed by atoms with Crippen LogP contribution in [-0.2, 0) is 10.0 Å². The number of aliphatic hydroxyl groups is 1. The highest BCUT2D eigenvalue weighted by Gasteiger charge is 2.17. The third kappa shape index (κ3) is 5.19. The van der Waals surface area contributed by atoms with E-state index in [1.54, 1.807) is 24.3 Å². The maximum absolute atomic E-state index is 12.3. The largest absolute Gasteiger partial charge is 0.494 e. The van der Waals surface area contributed by atoms with Crippen molar-refractivity contribution in [3.63, 3.8) is 0 Å². The van der Waals surface area contributed by atoms with Crippen molar-refractivity contribution in [3.05, 3.63) is 54.1 Å². The number of ether oxygens (including phenoxy) is 1. The van der Waals surface area contributed by atoms with Crippen LogP contribution < -0.4 is 14.4 Å².